The highest BCUT2D eigenvalue weighted by Crippen LogP contribution is 2.22. The summed E-state index contributed by atoms with van der Waals surface area (Å²) in [5.41, 5.74) is 0. The maximum atomic E-state index is 11.9. The number of thioether (sulfide) groups is 1. The second-order valence-electron chi connectivity index (χ2n) is 4.77. The lowest BCUT2D eigenvalue weighted by Crippen LogP contribution is -2.45. The zero-order valence-electron chi connectivity index (χ0n) is 10.6. The first-order valence-electron chi connectivity index (χ1n) is 6.51. The summed E-state index contributed by atoms with van der Waals surface area (Å²) in [5, 5.41) is 12.7. The molecule has 0 saturated heterocycles. The van der Waals surface area contributed by atoms with E-state index in [1.165, 1.54) is 11.8 Å². The molecule has 1 aromatic rings. The van der Waals surface area contributed by atoms with E-state index in [9.17, 15) is 9.90 Å². The van der Waals surface area contributed by atoms with Gasteiger partial charge in [0.05, 0.1) is 17.9 Å². The van der Waals surface area contributed by atoms with Gasteiger partial charge in [0.25, 0.3) is 0 Å². The van der Waals surface area contributed by atoms with Gasteiger partial charge in [-0.25, -0.2) is 0 Å². The molecule has 0 heterocycles. The summed E-state index contributed by atoms with van der Waals surface area (Å²) < 4.78 is 1.01. The van der Waals surface area contributed by atoms with Gasteiger partial charge in [0.2, 0.25) is 5.91 Å². The number of hydrogen-bond acceptors (Lipinski definition) is 3. The summed E-state index contributed by atoms with van der Waals surface area (Å²) in [7, 11) is 0. The van der Waals surface area contributed by atoms with Crippen molar-refractivity contribution in [3.05, 3.63) is 28.7 Å². The van der Waals surface area contributed by atoms with E-state index in [-0.39, 0.29) is 18.1 Å². The molecule has 1 aliphatic rings. The van der Waals surface area contributed by atoms with Crippen LogP contribution in [0.5, 0.6) is 0 Å². The van der Waals surface area contributed by atoms with Gasteiger partial charge >= 0.3 is 0 Å². The van der Waals surface area contributed by atoms with Gasteiger partial charge in [0, 0.05) is 9.37 Å². The van der Waals surface area contributed by atoms with Crippen LogP contribution in [-0.4, -0.2) is 28.9 Å². The van der Waals surface area contributed by atoms with Crippen LogP contribution in [0.1, 0.15) is 25.7 Å². The third-order valence-corrected chi connectivity index (χ3v) is 4.73. The average molecular weight is 344 g/mol. The standard InChI is InChI=1S/C14H18BrNO2S/c15-10-4-3-5-11(8-10)19-9-14(18)16-12-6-1-2-7-13(12)17/h3-5,8,12-13,17H,1-2,6-7,9H2,(H,16,18). The fourth-order valence-corrected chi connectivity index (χ4v) is 3.55. The van der Waals surface area contributed by atoms with E-state index >= 15 is 0 Å². The van der Waals surface area contributed by atoms with E-state index in [0.717, 1.165) is 35.1 Å². The zero-order chi connectivity index (χ0) is 13.7. The minimum absolute atomic E-state index is 0.00377. The topological polar surface area (TPSA) is 49.3 Å². The van der Waals surface area contributed by atoms with E-state index in [2.05, 4.69) is 21.2 Å². The smallest absolute Gasteiger partial charge is 0.230 e. The highest BCUT2D eigenvalue weighted by Gasteiger charge is 2.24. The first kappa shape index (κ1) is 14.9. The van der Waals surface area contributed by atoms with Crippen LogP contribution in [-0.2, 0) is 4.79 Å². The Hall–Kier alpha value is -0.520. The van der Waals surface area contributed by atoms with Crippen molar-refractivity contribution in [1.82, 2.24) is 5.32 Å². The fourth-order valence-electron chi connectivity index (χ4n) is 2.23. The summed E-state index contributed by atoms with van der Waals surface area (Å²) in [6.07, 6.45) is 3.44. The Bertz CT molecular complexity index is 441. The van der Waals surface area contributed by atoms with E-state index < -0.39 is 0 Å². The molecule has 2 N–H and O–H groups in total. The van der Waals surface area contributed by atoms with E-state index in [1.54, 1.807) is 0 Å². The van der Waals surface area contributed by atoms with Crippen LogP contribution in [0.2, 0.25) is 0 Å². The minimum Gasteiger partial charge on any atom is -0.391 e. The number of carbonyl (C=O) groups is 1. The molecule has 0 aliphatic heterocycles. The van der Waals surface area contributed by atoms with Crippen LogP contribution in [0.25, 0.3) is 0 Å². The van der Waals surface area contributed by atoms with Gasteiger partial charge in [0.15, 0.2) is 0 Å². The van der Waals surface area contributed by atoms with Gasteiger partial charge in [-0.1, -0.05) is 34.8 Å². The van der Waals surface area contributed by atoms with Gasteiger partial charge in [0.1, 0.15) is 0 Å². The Kier molecular flexibility index (Phi) is 5.73. The predicted molar refractivity (Wildman–Crippen MR) is 81.3 cm³/mol. The maximum Gasteiger partial charge on any atom is 0.230 e. The molecule has 1 saturated carbocycles. The third kappa shape index (κ3) is 4.82. The highest BCUT2D eigenvalue weighted by atomic mass is 79.9. The van der Waals surface area contributed by atoms with Gasteiger partial charge < -0.3 is 10.4 Å². The first-order valence-corrected chi connectivity index (χ1v) is 8.29. The summed E-state index contributed by atoms with van der Waals surface area (Å²) in [6.45, 7) is 0. The van der Waals surface area contributed by atoms with Crippen molar-refractivity contribution in [2.75, 3.05) is 5.75 Å². The molecule has 5 heteroatoms. The Morgan fingerprint density at radius 3 is 2.95 bits per heavy atom. The Morgan fingerprint density at radius 1 is 1.42 bits per heavy atom. The highest BCUT2D eigenvalue weighted by molar-refractivity contribution is 9.10. The molecule has 2 rings (SSSR count). The van der Waals surface area contributed by atoms with Crippen LogP contribution in [0.4, 0.5) is 0 Å². The van der Waals surface area contributed by atoms with Crippen LogP contribution in [0.3, 0.4) is 0 Å². The lowest BCUT2D eigenvalue weighted by atomic mass is 9.93. The van der Waals surface area contributed by atoms with Gasteiger partial charge in [-0.05, 0) is 31.0 Å². The van der Waals surface area contributed by atoms with Crippen molar-refractivity contribution in [3.63, 3.8) is 0 Å². The zero-order valence-corrected chi connectivity index (χ0v) is 13.0. The lowest BCUT2D eigenvalue weighted by Gasteiger charge is -2.28. The number of hydrogen-bond donors (Lipinski definition) is 2. The molecule has 1 aromatic carbocycles. The van der Waals surface area contributed by atoms with Crippen LogP contribution in [0.15, 0.2) is 33.6 Å². The summed E-state index contributed by atoms with van der Waals surface area (Å²) in [6, 6.07) is 7.83. The Morgan fingerprint density at radius 2 is 2.21 bits per heavy atom. The second kappa shape index (κ2) is 7.31. The van der Waals surface area contributed by atoms with Gasteiger partial charge in [-0.2, -0.15) is 0 Å². The molecule has 1 aliphatic carbocycles. The molecule has 0 radical (unpaired) electrons. The SMILES string of the molecule is O=C(CSc1cccc(Br)c1)NC1CCCCC1O. The molecule has 1 amide bonds. The molecule has 19 heavy (non-hydrogen) atoms. The minimum atomic E-state index is -0.381. The predicted octanol–water partition coefficient (Wildman–Crippen LogP) is 2.96. The van der Waals surface area contributed by atoms with E-state index in [4.69, 9.17) is 0 Å². The Balaban J connectivity index is 1.78. The second-order valence-corrected chi connectivity index (χ2v) is 6.74. The number of carbonyl (C=O) groups excluding carboxylic acids is 1. The Labute approximate surface area is 126 Å². The van der Waals surface area contributed by atoms with Gasteiger partial charge in [-0.3, -0.25) is 4.79 Å². The van der Waals surface area contributed by atoms with Crippen molar-refractivity contribution in [2.24, 2.45) is 0 Å². The molecular weight excluding hydrogens is 326 g/mol. The quantitative estimate of drug-likeness (QED) is 0.826. The van der Waals surface area contributed by atoms with Crippen molar-refractivity contribution < 1.29 is 9.90 Å². The third-order valence-electron chi connectivity index (χ3n) is 3.24. The maximum absolute atomic E-state index is 11.9. The molecular formula is C14H18BrNO2S. The normalized spacial score (nSPS) is 23.1. The number of aliphatic hydroxyl groups is 1. The van der Waals surface area contributed by atoms with Crippen molar-refractivity contribution in [1.29, 1.82) is 0 Å². The van der Waals surface area contributed by atoms with Crippen LogP contribution in [0, 0.1) is 0 Å². The molecule has 2 atom stereocenters. The number of benzene rings is 1. The number of aliphatic hydroxyl groups excluding tert-OH is 1. The molecule has 0 bridgehead atoms. The van der Waals surface area contributed by atoms with Crippen LogP contribution >= 0.6 is 27.7 Å². The van der Waals surface area contributed by atoms with Crippen molar-refractivity contribution in [3.8, 4) is 0 Å². The first-order chi connectivity index (χ1) is 9.15. The summed E-state index contributed by atoms with van der Waals surface area (Å²) in [5.74, 6) is 0.385. The number of rotatable bonds is 4. The molecule has 3 nitrogen and oxygen atoms in total. The van der Waals surface area contributed by atoms with E-state index in [0.29, 0.717) is 5.75 Å². The molecule has 0 aromatic heterocycles. The van der Waals surface area contributed by atoms with Crippen molar-refractivity contribution in [2.45, 2.75) is 42.7 Å². The summed E-state index contributed by atoms with van der Waals surface area (Å²) >= 11 is 4.92. The number of amides is 1. The molecule has 2 unspecified atom stereocenters. The van der Waals surface area contributed by atoms with Gasteiger partial charge in [-0.15, -0.1) is 11.8 Å². The number of halogens is 1. The monoisotopic (exact) mass is 343 g/mol. The number of nitrogens with one attached hydrogen (secondary N) is 1. The van der Waals surface area contributed by atoms with Crippen LogP contribution < -0.4 is 5.32 Å². The molecule has 104 valence electrons. The fraction of sp³-hybridized carbons (Fsp3) is 0.500. The molecule has 0 spiro atoms. The van der Waals surface area contributed by atoms with Crippen molar-refractivity contribution >= 4 is 33.6 Å². The summed E-state index contributed by atoms with van der Waals surface area (Å²) in [4.78, 5) is 12.9. The lowest BCUT2D eigenvalue weighted by molar-refractivity contribution is -0.120. The van der Waals surface area contributed by atoms with E-state index in [1.807, 2.05) is 24.3 Å². The molecule has 1 fully saturated rings. The largest absolute Gasteiger partial charge is 0.391 e. The average Bonchev–Trinajstić information content (AvgIpc) is 2.39.